The summed E-state index contributed by atoms with van der Waals surface area (Å²) in [4.78, 5) is 4.10. The Morgan fingerprint density at radius 2 is 2.21 bits per heavy atom. The van der Waals surface area contributed by atoms with E-state index >= 15 is 0 Å². The van der Waals surface area contributed by atoms with E-state index in [2.05, 4.69) is 19.9 Å². The van der Waals surface area contributed by atoms with Crippen molar-refractivity contribution < 1.29 is 8.42 Å². The average molecular weight is 280 g/mol. The molecule has 0 aliphatic carbocycles. The molecule has 0 aromatic carbocycles. The molecule has 2 N–H and O–H groups in total. The van der Waals surface area contributed by atoms with Gasteiger partial charge in [0.05, 0.1) is 11.9 Å². The molecule has 2 aromatic rings. The number of H-pyrrole nitrogens is 1. The van der Waals surface area contributed by atoms with Crippen molar-refractivity contribution in [1.29, 1.82) is 0 Å². The molecule has 0 saturated carbocycles. The molecule has 0 spiro atoms. The Hall–Kier alpha value is -1.89. The molecule has 7 heteroatoms. The standard InChI is InChI=1S/C12H16N4O2S/c1-2-10-9-14-15-12(10)16-19(17,18)8-6-11-5-3-4-7-13-11/h3-5,7,9H,2,6,8H2,1H3,(H2,14,15,16). The number of nitrogens with one attached hydrogen (secondary N) is 2. The van der Waals surface area contributed by atoms with Crippen molar-refractivity contribution in [2.45, 2.75) is 19.8 Å². The number of hydrogen-bond acceptors (Lipinski definition) is 4. The Kier molecular flexibility index (Phi) is 4.16. The molecule has 0 fully saturated rings. The van der Waals surface area contributed by atoms with Gasteiger partial charge in [-0.3, -0.25) is 14.8 Å². The summed E-state index contributed by atoms with van der Waals surface area (Å²) in [7, 11) is -3.40. The normalized spacial score (nSPS) is 11.4. The number of pyridine rings is 1. The molecule has 0 aliphatic rings. The maximum absolute atomic E-state index is 12.0. The topological polar surface area (TPSA) is 87.7 Å². The molecule has 19 heavy (non-hydrogen) atoms. The molecule has 0 amide bonds. The second kappa shape index (κ2) is 5.83. The summed E-state index contributed by atoms with van der Waals surface area (Å²) >= 11 is 0. The monoisotopic (exact) mass is 280 g/mol. The second-order valence-electron chi connectivity index (χ2n) is 4.12. The van der Waals surface area contributed by atoms with Crippen LogP contribution in [0, 0.1) is 0 Å². The zero-order valence-electron chi connectivity index (χ0n) is 10.6. The van der Waals surface area contributed by atoms with Crippen LogP contribution in [0.5, 0.6) is 0 Å². The van der Waals surface area contributed by atoms with E-state index in [9.17, 15) is 8.42 Å². The highest BCUT2D eigenvalue weighted by atomic mass is 32.2. The molecule has 2 aromatic heterocycles. The molecule has 0 saturated heterocycles. The first-order valence-corrected chi connectivity index (χ1v) is 7.68. The van der Waals surface area contributed by atoms with Crippen LogP contribution in [0.15, 0.2) is 30.6 Å². The Morgan fingerprint density at radius 1 is 1.37 bits per heavy atom. The zero-order chi connectivity index (χ0) is 13.7. The fraction of sp³-hybridized carbons (Fsp3) is 0.333. The van der Waals surface area contributed by atoms with E-state index in [-0.39, 0.29) is 5.75 Å². The van der Waals surface area contributed by atoms with E-state index in [1.165, 1.54) is 0 Å². The largest absolute Gasteiger partial charge is 0.267 e. The van der Waals surface area contributed by atoms with Gasteiger partial charge >= 0.3 is 0 Å². The van der Waals surface area contributed by atoms with Crippen molar-refractivity contribution in [3.63, 3.8) is 0 Å². The molecular formula is C12H16N4O2S. The van der Waals surface area contributed by atoms with Crippen LogP contribution in [0.1, 0.15) is 18.2 Å². The molecule has 0 bridgehead atoms. The number of rotatable bonds is 6. The van der Waals surface area contributed by atoms with Crippen LogP contribution in [0.4, 0.5) is 5.82 Å². The highest BCUT2D eigenvalue weighted by molar-refractivity contribution is 7.92. The fourth-order valence-electron chi connectivity index (χ4n) is 1.66. The van der Waals surface area contributed by atoms with E-state index in [1.807, 2.05) is 19.1 Å². The minimum absolute atomic E-state index is 0.00775. The highest BCUT2D eigenvalue weighted by Crippen LogP contribution is 2.13. The number of aryl methyl sites for hydroxylation is 2. The van der Waals surface area contributed by atoms with Crippen molar-refractivity contribution in [3.05, 3.63) is 41.9 Å². The molecule has 102 valence electrons. The van der Waals surface area contributed by atoms with Crippen molar-refractivity contribution in [3.8, 4) is 0 Å². The smallest absolute Gasteiger partial charge is 0.234 e. The summed E-state index contributed by atoms with van der Waals surface area (Å²) in [5.74, 6) is 0.440. The third kappa shape index (κ3) is 3.78. The maximum atomic E-state index is 12.0. The summed E-state index contributed by atoms with van der Waals surface area (Å²) in [6.45, 7) is 1.94. The fourth-order valence-corrected chi connectivity index (χ4v) is 2.73. The van der Waals surface area contributed by atoms with Gasteiger partial charge < -0.3 is 0 Å². The average Bonchev–Trinajstić information content (AvgIpc) is 2.84. The van der Waals surface area contributed by atoms with Gasteiger partial charge in [0.1, 0.15) is 5.82 Å². The Morgan fingerprint density at radius 3 is 2.89 bits per heavy atom. The van der Waals surface area contributed by atoms with E-state index in [0.29, 0.717) is 18.7 Å². The van der Waals surface area contributed by atoms with Gasteiger partial charge in [0.15, 0.2) is 0 Å². The third-order valence-corrected chi connectivity index (χ3v) is 3.97. The SMILES string of the molecule is CCc1cn[nH]c1NS(=O)(=O)CCc1ccccn1. The van der Waals surface area contributed by atoms with Crippen molar-refractivity contribution in [1.82, 2.24) is 15.2 Å². The van der Waals surface area contributed by atoms with Gasteiger partial charge in [0.25, 0.3) is 0 Å². The molecule has 6 nitrogen and oxygen atoms in total. The maximum Gasteiger partial charge on any atom is 0.234 e. The van der Waals surface area contributed by atoms with Crippen molar-refractivity contribution in [2.24, 2.45) is 0 Å². The van der Waals surface area contributed by atoms with E-state index in [1.54, 1.807) is 18.5 Å². The van der Waals surface area contributed by atoms with Gasteiger partial charge in [-0.25, -0.2) is 8.42 Å². The number of sulfonamides is 1. The summed E-state index contributed by atoms with van der Waals surface area (Å²) in [5, 5.41) is 6.49. The van der Waals surface area contributed by atoms with Crippen LogP contribution in [0.3, 0.4) is 0 Å². The molecule has 0 unspecified atom stereocenters. The van der Waals surface area contributed by atoms with Crippen molar-refractivity contribution >= 4 is 15.8 Å². The van der Waals surface area contributed by atoms with Gasteiger partial charge in [-0.15, -0.1) is 0 Å². The van der Waals surface area contributed by atoms with Crippen LogP contribution in [-0.2, 0) is 22.9 Å². The van der Waals surface area contributed by atoms with Crippen molar-refractivity contribution in [2.75, 3.05) is 10.5 Å². The van der Waals surface area contributed by atoms with Gasteiger partial charge in [-0.1, -0.05) is 13.0 Å². The quantitative estimate of drug-likeness (QED) is 0.836. The Balaban J connectivity index is 1.99. The summed E-state index contributed by atoms with van der Waals surface area (Å²) in [6.07, 6.45) is 4.37. The lowest BCUT2D eigenvalue weighted by atomic mass is 10.3. The summed E-state index contributed by atoms with van der Waals surface area (Å²) in [5.41, 5.74) is 1.61. The minimum Gasteiger partial charge on any atom is -0.267 e. The number of hydrogen-bond donors (Lipinski definition) is 2. The van der Waals surface area contributed by atoms with Gasteiger partial charge in [-0.05, 0) is 18.6 Å². The third-order valence-electron chi connectivity index (χ3n) is 2.71. The van der Waals surface area contributed by atoms with E-state index in [4.69, 9.17) is 0 Å². The van der Waals surface area contributed by atoms with Crippen LogP contribution in [-0.4, -0.2) is 29.4 Å². The van der Waals surface area contributed by atoms with E-state index in [0.717, 1.165) is 11.3 Å². The first kappa shape index (κ1) is 13.5. The summed E-state index contributed by atoms with van der Waals surface area (Å²) in [6, 6.07) is 5.45. The van der Waals surface area contributed by atoms with Crippen LogP contribution in [0.25, 0.3) is 0 Å². The minimum atomic E-state index is -3.40. The number of anilines is 1. The summed E-state index contributed by atoms with van der Waals surface area (Å²) < 4.78 is 26.4. The van der Waals surface area contributed by atoms with Gasteiger partial charge in [-0.2, -0.15) is 5.10 Å². The van der Waals surface area contributed by atoms with Gasteiger partial charge in [0, 0.05) is 23.9 Å². The molecule has 0 atom stereocenters. The molecule has 0 aliphatic heterocycles. The number of aromatic amines is 1. The van der Waals surface area contributed by atoms with Crippen LogP contribution < -0.4 is 4.72 Å². The highest BCUT2D eigenvalue weighted by Gasteiger charge is 2.14. The molecule has 2 rings (SSSR count). The lowest BCUT2D eigenvalue weighted by Crippen LogP contribution is -2.19. The number of aromatic nitrogens is 3. The Labute approximate surface area is 112 Å². The predicted molar refractivity (Wildman–Crippen MR) is 73.3 cm³/mol. The number of nitrogens with zero attached hydrogens (tertiary/aromatic N) is 2. The van der Waals surface area contributed by atoms with Crippen LogP contribution >= 0.6 is 0 Å². The Bertz CT molecular complexity index is 622. The zero-order valence-corrected chi connectivity index (χ0v) is 11.4. The predicted octanol–water partition coefficient (Wildman–Crippen LogP) is 1.35. The first-order chi connectivity index (χ1) is 9.11. The molecule has 2 heterocycles. The lowest BCUT2D eigenvalue weighted by Gasteiger charge is -2.07. The van der Waals surface area contributed by atoms with E-state index < -0.39 is 10.0 Å². The molecule has 0 radical (unpaired) electrons. The van der Waals surface area contributed by atoms with Crippen LogP contribution in [0.2, 0.25) is 0 Å². The first-order valence-electron chi connectivity index (χ1n) is 6.03. The molecular weight excluding hydrogens is 264 g/mol. The second-order valence-corrected chi connectivity index (χ2v) is 5.96. The lowest BCUT2D eigenvalue weighted by molar-refractivity contribution is 0.600. The van der Waals surface area contributed by atoms with Gasteiger partial charge in [0.2, 0.25) is 10.0 Å².